The van der Waals surface area contributed by atoms with Crippen LogP contribution in [0, 0.1) is 11.3 Å². The summed E-state index contributed by atoms with van der Waals surface area (Å²) in [5, 5.41) is 13.7. The predicted octanol–water partition coefficient (Wildman–Crippen LogP) is 5.50. The van der Waals surface area contributed by atoms with Crippen LogP contribution in [-0.4, -0.2) is 30.1 Å². The number of phenolic OH excluding ortho intramolecular Hbond substituents is 1. The lowest BCUT2D eigenvalue weighted by molar-refractivity contribution is -0.146. The van der Waals surface area contributed by atoms with Gasteiger partial charge in [-0.05, 0) is 71.6 Å². The molecular formula is C26H32BrNO5. The molecule has 1 aliphatic heterocycles. The number of carbonyl (C=O) groups excluding carboxylic acids is 2. The highest BCUT2D eigenvalue weighted by Crippen LogP contribution is 2.49. The van der Waals surface area contributed by atoms with E-state index in [1.54, 1.807) is 12.1 Å². The molecule has 3 aliphatic rings. The normalized spacial score (nSPS) is 25.1. The molecule has 1 fully saturated rings. The summed E-state index contributed by atoms with van der Waals surface area (Å²) in [5.41, 5.74) is 2.43. The van der Waals surface area contributed by atoms with Crippen molar-refractivity contribution in [3.63, 3.8) is 0 Å². The van der Waals surface area contributed by atoms with E-state index in [1.807, 2.05) is 20.8 Å². The van der Waals surface area contributed by atoms with Crippen LogP contribution in [0.15, 0.2) is 39.6 Å². The molecule has 1 aromatic carbocycles. The standard InChI is InChI=1S/C26H32BrNO5/c1-14-21(25(31)33-16-8-6-5-7-9-16)22(15-10-17(27)24(30)20(11-15)32-4)23-18(28-14)12-26(2,3)13-19(23)29/h10-12,16,22-23,28,30H,5-9,13H2,1-4H3. The first kappa shape index (κ1) is 23.9. The molecule has 0 saturated heterocycles. The highest BCUT2D eigenvalue weighted by Gasteiger charge is 2.46. The maximum atomic E-state index is 13.5. The Morgan fingerprint density at radius 1 is 1.18 bits per heavy atom. The minimum atomic E-state index is -0.539. The number of benzene rings is 1. The number of rotatable bonds is 4. The zero-order chi connectivity index (χ0) is 23.9. The molecule has 2 aliphatic carbocycles. The summed E-state index contributed by atoms with van der Waals surface area (Å²) >= 11 is 3.40. The van der Waals surface area contributed by atoms with Crippen molar-refractivity contribution in [2.75, 3.05) is 7.11 Å². The summed E-state index contributed by atoms with van der Waals surface area (Å²) < 4.78 is 11.8. The van der Waals surface area contributed by atoms with Crippen molar-refractivity contribution >= 4 is 27.7 Å². The monoisotopic (exact) mass is 517 g/mol. The number of fused-ring (bicyclic) bond motifs is 1. The maximum absolute atomic E-state index is 13.5. The van der Waals surface area contributed by atoms with Gasteiger partial charge in [0.15, 0.2) is 11.5 Å². The average molecular weight is 518 g/mol. The van der Waals surface area contributed by atoms with Crippen molar-refractivity contribution in [3.05, 3.63) is 45.2 Å². The first-order valence-electron chi connectivity index (χ1n) is 11.6. The van der Waals surface area contributed by atoms with Crippen LogP contribution < -0.4 is 10.1 Å². The Morgan fingerprint density at radius 2 is 1.88 bits per heavy atom. The molecule has 0 aromatic heterocycles. The molecule has 1 heterocycles. The summed E-state index contributed by atoms with van der Waals surface area (Å²) in [6.07, 6.45) is 7.43. The molecule has 4 rings (SSSR count). The molecule has 33 heavy (non-hydrogen) atoms. The number of esters is 1. The minimum absolute atomic E-state index is 0.0194. The maximum Gasteiger partial charge on any atom is 0.336 e. The van der Waals surface area contributed by atoms with Crippen LogP contribution in [0.25, 0.3) is 0 Å². The molecule has 7 heteroatoms. The number of nitrogens with one attached hydrogen (secondary N) is 1. The van der Waals surface area contributed by atoms with Crippen LogP contribution >= 0.6 is 15.9 Å². The first-order valence-corrected chi connectivity index (χ1v) is 12.4. The van der Waals surface area contributed by atoms with Gasteiger partial charge in [-0.25, -0.2) is 4.79 Å². The number of halogens is 1. The molecule has 178 valence electrons. The Kier molecular flexibility index (Phi) is 6.63. The van der Waals surface area contributed by atoms with E-state index in [9.17, 15) is 14.7 Å². The van der Waals surface area contributed by atoms with E-state index >= 15 is 0 Å². The van der Waals surface area contributed by atoms with Gasteiger partial charge in [0.25, 0.3) is 0 Å². The molecule has 0 radical (unpaired) electrons. The molecule has 1 saturated carbocycles. The van der Waals surface area contributed by atoms with Gasteiger partial charge in [0, 0.05) is 23.7 Å². The molecular weight excluding hydrogens is 486 g/mol. The fraction of sp³-hybridized carbons (Fsp3) is 0.538. The summed E-state index contributed by atoms with van der Waals surface area (Å²) in [6, 6.07) is 3.47. The van der Waals surface area contributed by atoms with Gasteiger partial charge in [0.05, 0.1) is 23.1 Å². The van der Waals surface area contributed by atoms with E-state index in [-0.39, 0.29) is 34.8 Å². The Morgan fingerprint density at radius 3 is 2.55 bits per heavy atom. The summed E-state index contributed by atoms with van der Waals surface area (Å²) in [7, 11) is 1.48. The fourth-order valence-corrected chi connectivity index (χ4v) is 5.88. The third-order valence-corrected chi connectivity index (χ3v) is 7.52. The van der Waals surface area contributed by atoms with Crippen LogP contribution in [0.1, 0.15) is 70.8 Å². The SMILES string of the molecule is COc1cc(C2C(C(=O)OC3CCCCC3)=C(C)NC3=CC(C)(C)CC(=O)C32)cc(Br)c1O. The lowest BCUT2D eigenvalue weighted by Crippen LogP contribution is -2.44. The van der Waals surface area contributed by atoms with Gasteiger partial charge < -0.3 is 19.9 Å². The van der Waals surface area contributed by atoms with E-state index < -0.39 is 11.8 Å². The molecule has 1 aromatic rings. The highest BCUT2D eigenvalue weighted by atomic mass is 79.9. The number of phenols is 1. The van der Waals surface area contributed by atoms with Gasteiger partial charge in [-0.1, -0.05) is 26.3 Å². The van der Waals surface area contributed by atoms with Gasteiger partial charge in [-0.3, -0.25) is 4.79 Å². The Balaban J connectivity index is 1.83. The van der Waals surface area contributed by atoms with Crippen molar-refractivity contribution in [2.24, 2.45) is 11.3 Å². The topological polar surface area (TPSA) is 84.9 Å². The van der Waals surface area contributed by atoms with Crippen molar-refractivity contribution in [2.45, 2.75) is 71.3 Å². The molecule has 0 amide bonds. The van der Waals surface area contributed by atoms with Crippen LogP contribution in [-0.2, 0) is 14.3 Å². The summed E-state index contributed by atoms with van der Waals surface area (Å²) in [6.45, 7) is 5.94. The van der Waals surface area contributed by atoms with Gasteiger partial charge in [0.2, 0.25) is 0 Å². The van der Waals surface area contributed by atoms with E-state index in [0.717, 1.165) is 36.9 Å². The predicted molar refractivity (Wildman–Crippen MR) is 129 cm³/mol. The summed E-state index contributed by atoms with van der Waals surface area (Å²) in [5.74, 6) is -1.11. The second kappa shape index (κ2) is 9.16. The van der Waals surface area contributed by atoms with E-state index in [0.29, 0.717) is 22.2 Å². The number of allylic oxidation sites excluding steroid dienone is 3. The Bertz CT molecular complexity index is 1040. The molecule has 2 atom stereocenters. The number of ether oxygens (including phenoxy) is 2. The van der Waals surface area contributed by atoms with Crippen molar-refractivity contribution < 1.29 is 24.2 Å². The van der Waals surface area contributed by atoms with Gasteiger partial charge in [0.1, 0.15) is 11.9 Å². The van der Waals surface area contributed by atoms with Gasteiger partial charge in [-0.2, -0.15) is 0 Å². The largest absolute Gasteiger partial charge is 0.503 e. The van der Waals surface area contributed by atoms with Crippen molar-refractivity contribution in [3.8, 4) is 11.5 Å². The Labute approximate surface area is 203 Å². The molecule has 2 N–H and O–H groups in total. The van der Waals surface area contributed by atoms with Crippen molar-refractivity contribution in [1.82, 2.24) is 5.32 Å². The van der Waals surface area contributed by atoms with Crippen molar-refractivity contribution in [1.29, 1.82) is 0 Å². The van der Waals surface area contributed by atoms with E-state index in [1.165, 1.54) is 13.5 Å². The highest BCUT2D eigenvalue weighted by molar-refractivity contribution is 9.10. The molecule has 0 bridgehead atoms. The van der Waals surface area contributed by atoms with Crippen LogP contribution in [0.2, 0.25) is 0 Å². The Hall–Kier alpha value is -2.28. The summed E-state index contributed by atoms with van der Waals surface area (Å²) in [4.78, 5) is 27.0. The van der Waals surface area contributed by atoms with Crippen LogP contribution in [0.5, 0.6) is 11.5 Å². The number of hydrogen-bond donors (Lipinski definition) is 2. The second-order valence-electron chi connectivity index (χ2n) is 10.1. The smallest absolute Gasteiger partial charge is 0.336 e. The van der Waals surface area contributed by atoms with E-state index in [2.05, 4.69) is 27.3 Å². The van der Waals surface area contributed by atoms with E-state index in [4.69, 9.17) is 9.47 Å². The molecule has 0 spiro atoms. The van der Waals surface area contributed by atoms with Gasteiger partial charge >= 0.3 is 5.97 Å². The van der Waals surface area contributed by atoms with Crippen LogP contribution in [0.4, 0.5) is 0 Å². The van der Waals surface area contributed by atoms with Crippen LogP contribution in [0.3, 0.4) is 0 Å². The van der Waals surface area contributed by atoms with Gasteiger partial charge in [-0.15, -0.1) is 0 Å². The zero-order valence-electron chi connectivity index (χ0n) is 19.7. The number of Topliss-reactive ketones (excluding diaryl/α,β-unsaturated/α-hetero) is 1. The molecule has 6 nitrogen and oxygen atoms in total. The number of ketones is 1. The zero-order valence-corrected chi connectivity index (χ0v) is 21.3. The first-order chi connectivity index (χ1) is 15.6. The number of carbonyl (C=O) groups is 2. The third kappa shape index (κ3) is 4.70. The second-order valence-corrected chi connectivity index (χ2v) is 10.9. The lowest BCUT2D eigenvalue weighted by atomic mass is 9.66. The number of aromatic hydroxyl groups is 1. The number of methoxy groups -OCH3 is 1. The average Bonchev–Trinajstić information content (AvgIpc) is 2.74. The minimum Gasteiger partial charge on any atom is -0.503 e. The fourth-order valence-electron chi connectivity index (χ4n) is 5.42. The lowest BCUT2D eigenvalue weighted by Gasteiger charge is -2.41. The molecule has 2 unspecified atom stereocenters. The third-order valence-electron chi connectivity index (χ3n) is 6.91. The number of hydrogen-bond acceptors (Lipinski definition) is 6. The quantitative estimate of drug-likeness (QED) is 0.513.